The summed E-state index contributed by atoms with van der Waals surface area (Å²) in [6.45, 7) is 7.95. The van der Waals surface area contributed by atoms with Crippen molar-refractivity contribution in [3.05, 3.63) is 59.7 Å². The molecule has 1 N–H and O–H groups in total. The van der Waals surface area contributed by atoms with Gasteiger partial charge >= 0.3 is 0 Å². The van der Waals surface area contributed by atoms with Crippen LogP contribution in [-0.2, 0) is 21.4 Å². The van der Waals surface area contributed by atoms with Gasteiger partial charge in [-0.1, -0.05) is 37.5 Å². The van der Waals surface area contributed by atoms with Gasteiger partial charge in [0, 0.05) is 37.3 Å². The summed E-state index contributed by atoms with van der Waals surface area (Å²) in [6.07, 6.45) is 5.39. The zero-order valence-corrected chi connectivity index (χ0v) is 21.1. The van der Waals surface area contributed by atoms with Crippen molar-refractivity contribution in [2.75, 3.05) is 18.0 Å². The first-order chi connectivity index (χ1) is 16.2. The molecule has 0 fully saturated rings. The maximum absolute atomic E-state index is 12.9. The van der Waals surface area contributed by atoms with Crippen LogP contribution in [0.4, 0.5) is 5.69 Å². The number of nitrogens with zero attached hydrogens (tertiary/aromatic N) is 2. The fraction of sp³-hybridized carbons (Fsp3) is 0.462. The molecule has 8 heteroatoms. The molecular formula is C26H35N3O4S. The number of hydrogen-bond acceptors (Lipinski definition) is 5. The number of nitrogens with one attached hydrogen (secondary N) is 1. The Morgan fingerprint density at radius 2 is 1.56 bits per heavy atom. The Kier molecular flexibility index (Phi) is 8.85. The number of anilines is 1. The van der Waals surface area contributed by atoms with E-state index in [1.165, 1.54) is 12.1 Å². The van der Waals surface area contributed by atoms with Crippen LogP contribution in [0.25, 0.3) is 0 Å². The first-order valence-corrected chi connectivity index (χ1v) is 13.4. The summed E-state index contributed by atoms with van der Waals surface area (Å²) in [5.41, 5.74) is 1.87. The van der Waals surface area contributed by atoms with Gasteiger partial charge in [0.25, 0.3) is 15.9 Å². The highest BCUT2D eigenvalue weighted by Crippen LogP contribution is 2.27. The Morgan fingerprint density at radius 1 is 0.912 bits per heavy atom. The number of benzene rings is 2. The predicted octanol–water partition coefficient (Wildman–Crippen LogP) is 4.33. The lowest BCUT2D eigenvalue weighted by Gasteiger charge is -2.31. The average molecular weight is 486 g/mol. The highest BCUT2D eigenvalue weighted by Gasteiger charge is 2.23. The maximum Gasteiger partial charge on any atom is 0.265 e. The Hall–Kier alpha value is -2.71. The molecule has 2 aromatic rings. The van der Waals surface area contributed by atoms with Gasteiger partial charge in [-0.15, -0.1) is 0 Å². The Bertz CT molecular complexity index is 1100. The van der Waals surface area contributed by atoms with Crippen LogP contribution in [0.5, 0.6) is 0 Å². The van der Waals surface area contributed by atoms with E-state index in [9.17, 15) is 18.0 Å². The number of sulfonamides is 1. The summed E-state index contributed by atoms with van der Waals surface area (Å²) in [7, 11) is -3.98. The van der Waals surface area contributed by atoms with Crippen molar-refractivity contribution in [1.82, 2.24) is 9.62 Å². The zero-order chi connectivity index (χ0) is 24.7. The normalized spacial score (nSPS) is 16.3. The van der Waals surface area contributed by atoms with Gasteiger partial charge < -0.3 is 4.90 Å². The summed E-state index contributed by atoms with van der Waals surface area (Å²) in [6, 6.07) is 13.2. The Morgan fingerprint density at radius 3 is 2.21 bits per heavy atom. The van der Waals surface area contributed by atoms with E-state index < -0.39 is 15.9 Å². The minimum atomic E-state index is -3.98. The molecule has 2 amide bonds. The molecule has 0 atom stereocenters. The molecule has 34 heavy (non-hydrogen) atoms. The topological polar surface area (TPSA) is 86.8 Å². The summed E-state index contributed by atoms with van der Waals surface area (Å²) >= 11 is 0. The fourth-order valence-corrected chi connectivity index (χ4v) is 5.25. The second kappa shape index (κ2) is 11.6. The molecule has 0 aliphatic carbocycles. The zero-order valence-electron chi connectivity index (χ0n) is 20.3. The highest BCUT2D eigenvalue weighted by atomic mass is 32.2. The van der Waals surface area contributed by atoms with E-state index in [4.69, 9.17) is 0 Å². The molecule has 0 radical (unpaired) electrons. The standard InChI is InChI=1S/C26H35N3O4S/c1-20(2)28-16-10-5-4-6-11-17-29(21(3)30)25-15-14-22(18-23(25)19-28)26(31)27-34(32,33)24-12-8-7-9-13-24/h7-9,12-15,18,20H,4-6,10-11,16-17,19H2,1-3H3,(H,27,31). The number of carbonyl (C=O) groups excluding carboxylic acids is 2. The molecule has 0 aromatic heterocycles. The van der Waals surface area contributed by atoms with Gasteiger partial charge in [-0.05, 0) is 69.1 Å². The number of hydrogen-bond donors (Lipinski definition) is 1. The van der Waals surface area contributed by atoms with Gasteiger partial charge in [0.2, 0.25) is 5.91 Å². The lowest BCUT2D eigenvalue weighted by atomic mass is 10.0. The third-order valence-electron chi connectivity index (χ3n) is 6.22. The number of fused-ring (bicyclic) bond motifs is 1. The molecule has 1 aliphatic heterocycles. The fourth-order valence-electron chi connectivity index (χ4n) is 4.26. The van der Waals surface area contributed by atoms with Crippen LogP contribution in [0.3, 0.4) is 0 Å². The highest BCUT2D eigenvalue weighted by molar-refractivity contribution is 7.90. The van der Waals surface area contributed by atoms with Crippen LogP contribution in [-0.4, -0.2) is 44.3 Å². The minimum absolute atomic E-state index is 0.0309. The first kappa shape index (κ1) is 25.9. The van der Waals surface area contributed by atoms with Crippen LogP contribution in [0.1, 0.15) is 68.8 Å². The van der Waals surface area contributed by atoms with Crippen molar-refractivity contribution >= 4 is 27.5 Å². The molecule has 0 saturated heterocycles. The Labute approximate surface area is 203 Å². The largest absolute Gasteiger partial charge is 0.312 e. The van der Waals surface area contributed by atoms with Crippen LogP contribution < -0.4 is 9.62 Å². The summed E-state index contributed by atoms with van der Waals surface area (Å²) in [4.78, 5) is 29.6. The van der Waals surface area contributed by atoms with E-state index in [1.807, 2.05) is 0 Å². The summed E-state index contributed by atoms with van der Waals surface area (Å²) in [5.74, 6) is -0.735. The van der Waals surface area contributed by atoms with Gasteiger partial charge in [-0.3, -0.25) is 14.5 Å². The number of carbonyl (C=O) groups is 2. The van der Waals surface area contributed by atoms with Gasteiger partial charge in [0.05, 0.1) is 4.90 Å². The van der Waals surface area contributed by atoms with Gasteiger partial charge in [0.1, 0.15) is 0 Å². The second-order valence-electron chi connectivity index (χ2n) is 9.09. The summed E-state index contributed by atoms with van der Waals surface area (Å²) in [5, 5.41) is 0. The van der Waals surface area contributed by atoms with Gasteiger partial charge in [-0.25, -0.2) is 13.1 Å². The van der Waals surface area contributed by atoms with Crippen LogP contribution in [0, 0.1) is 0 Å². The molecule has 3 rings (SSSR count). The third kappa shape index (κ3) is 6.67. The first-order valence-electron chi connectivity index (χ1n) is 12.0. The van der Waals surface area contributed by atoms with E-state index >= 15 is 0 Å². The smallest absolute Gasteiger partial charge is 0.265 e. The molecule has 0 bridgehead atoms. The van der Waals surface area contributed by atoms with Crippen molar-refractivity contribution < 1.29 is 18.0 Å². The SMILES string of the molecule is CC(=O)N1CCCCCCCN(C(C)C)Cc2cc(C(=O)NS(=O)(=O)c3ccccc3)ccc21. The van der Waals surface area contributed by atoms with Crippen LogP contribution in [0.15, 0.2) is 53.4 Å². The molecule has 7 nitrogen and oxygen atoms in total. The Balaban J connectivity index is 1.97. The minimum Gasteiger partial charge on any atom is -0.312 e. The number of amides is 2. The van der Waals surface area contributed by atoms with E-state index in [-0.39, 0.29) is 22.4 Å². The van der Waals surface area contributed by atoms with Gasteiger partial charge in [0.15, 0.2) is 0 Å². The van der Waals surface area contributed by atoms with E-state index in [2.05, 4.69) is 23.5 Å². The second-order valence-corrected chi connectivity index (χ2v) is 10.8. The molecule has 184 valence electrons. The molecular weight excluding hydrogens is 450 g/mol. The van der Waals surface area contributed by atoms with Crippen molar-refractivity contribution in [2.45, 2.75) is 70.4 Å². The van der Waals surface area contributed by atoms with Crippen LogP contribution in [0.2, 0.25) is 0 Å². The van der Waals surface area contributed by atoms with E-state index in [1.54, 1.807) is 48.2 Å². The quantitative estimate of drug-likeness (QED) is 0.696. The molecule has 1 heterocycles. The maximum atomic E-state index is 12.9. The average Bonchev–Trinajstić information content (AvgIpc) is 2.79. The lowest BCUT2D eigenvalue weighted by Crippen LogP contribution is -2.35. The van der Waals surface area contributed by atoms with Crippen molar-refractivity contribution in [3.63, 3.8) is 0 Å². The molecule has 1 aliphatic rings. The molecule has 0 spiro atoms. The van der Waals surface area contributed by atoms with Crippen LogP contribution >= 0.6 is 0 Å². The van der Waals surface area contributed by atoms with E-state index in [0.29, 0.717) is 13.1 Å². The van der Waals surface area contributed by atoms with E-state index in [0.717, 1.165) is 49.9 Å². The van der Waals surface area contributed by atoms with Crippen molar-refractivity contribution in [3.8, 4) is 0 Å². The number of rotatable bonds is 4. The lowest BCUT2D eigenvalue weighted by molar-refractivity contribution is -0.116. The van der Waals surface area contributed by atoms with Crippen molar-refractivity contribution in [1.29, 1.82) is 0 Å². The molecule has 0 unspecified atom stereocenters. The monoisotopic (exact) mass is 485 g/mol. The van der Waals surface area contributed by atoms with Gasteiger partial charge in [-0.2, -0.15) is 0 Å². The third-order valence-corrected chi connectivity index (χ3v) is 7.57. The molecule has 2 aromatic carbocycles. The molecule has 0 saturated carbocycles. The van der Waals surface area contributed by atoms with Crippen molar-refractivity contribution in [2.24, 2.45) is 0 Å². The predicted molar refractivity (Wildman–Crippen MR) is 134 cm³/mol. The summed E-state index contributed by atoms with van der Waals surface area (Å²) < 4.78 is 27.5.